The van der Waals surface area contributed by atoms with E-state index in [0.29, 0.717) is 44.0 Å². The van der Waals surface area contributed by atoms with Gasteiger partial charge in [0.1, 0.15) is 12.1 Å². The van der Waals surface area contributed by atoms with Gasteiger partial charge in [-0.15, -0.1) is 11.3 Å². The van der Waals surface area contributed by atoms with Gasteiger partial charge in [0, 0.05) is 30.9 Å². The Morgan fingerprint density at radius 2 is 1.97 bits per heavy atom. The molecule has 0 bridgehead atoms. The Morgan fingerprint density at radius 3 is 2.66 bits per heavy atom. The van der Waals surface area contributed by atoms with Crippen molar-refractivity contribution in [3.05, 3.63) is 46.2 Å². The quantitative estimate of drug-likeness (QED) is 0.492. The van der Waals surface area contributed by atoms with Gasteiger partial charge in [0.05, 0.1) is 7.11 Å². The molecule has 9 heteroatoms. The number of carbonyl (C=O) groups is 3. The number of hydrogen-bond acceptors (Lipinski definition) is 6. The van der Waals surface area contributed by atoms with Crippen LogP contribution in [0, 0.1) is 0 Å². The lowest BCUT2D eigenvalue weighted by Crippen LogP contribution is -2.48. The molecule has 1 saturated heterocycles. The Kier molecular flexibility index (Phi) is 7.95. The number of hydrogen-bond donors (Lipinski definition) is 1. The number of nitrogens with one attached hydrogen (secondary N) is 1. The maximum atomic E-state index is 13.0. The van der Waals surface area contributed by atoms with Crippen molar-refractivity contribution in [2.24, 2.45) is 0 Å². The van der Waals surface area contributed by atoms with Gasteiger partial charge >= 0.3 is 6.03 Å². The standard InChI is InChI=1S/C26H33N3O5S/c1-3-28(17-19-9-10-21(22(16-19)33-2)34-18-20-8-7-15-35-20)23(30)11-14-29-24(31)26(27-25(29)32)12-5-4-6-13-26/h7-10,15-16H,3-6,11-14,17-18H2,1-2H3,(H,27,32). The third-order valence-corrected chi connectivity index (χ3v) is 7.64. The SMILES string of the molecule is CCN(Cc1ccc(OCc2cccs2)c(OC)c1)C(=O)CCN1C(=O)NC2(CCCCC2)C1=O. The van der Waals surface area contributed by atoms with Crippen LogP contribution >= 0.6 is 11.3 Å². The van der Waals surface area contributed by atoms with Gasteiger partial charge in [-0.3, -0.25) is 14.5 Å². The second kappa shape index (κ2) is 11.1. The summed E-state index contributed by atoms with van der Waals surface area (Å²) < 4.78 is 11.4. The molecule has 188 valence electrons. The summed E-state index contributed by atoms with van der Waals surface area (Å²) >= 11 is 1.63. The molecule has 2 aromatic rings. The Morgan fingerprint density at radius 1 is 1.17 bits per heavy atom. The van der Waals surface area contributed by atoms with E-state index in [1.165, 1.54) is 4.90 Å². The lowest BCUT2D eigenvalue weighted by Gasteiger charge is -2.30. The van der Waals surface area contributed by atoms with E-state index in [4.69, 9.17) is 9.47 Å². The minimum absolute atomic E-state index is 0.0978. The number of ether oxygens (including phenoxy) is 2. The molecule has 2 heterocycles. The van der Waals surface area contributed by atoms with Gasteiger partial charge in [-0.05, 0) is 48.9 Å². The van der Waals surface area contributed by atoms with E-state index in [1.807, 2.05) is 42.6 Å². The lowest BCUT2D eigenvalue weighted by molar-refractivity contribution is -0.134. The third-order valence-electron chi connectivity index (χ3n) is 6.79. The van der Waals surface area contributed by atoms with Crippen molar-refractivity contribution in [3.63, 3.8) is 0 Å². The molecule has 1 aromatic carbocycles. The van der Waals surface area contributed by atoms with Crippen molar-refractivity contribution in [1.82, 2.24) is 15.1 Å². The molecule has 35 heavy (non-hydrogen) atoms. The molecule has 4 rings (SSSR count). The zero-order valence-electron chi connectivity index (χ0n) is 20.4. The Labute approximate surface area is 210 Å². The van der Waals surface area contributed by atoms with Crippen molar-refractivity contribution in [3.8, 4) is 11.5 Å². The highest BCUT2D eigenvalue weighted by Gasteiger charge is 2.51. The van der Waals surface area contributed by atoms with Gasteiger partial charge in [-0.25, -0.2) is 4.79 Å². The molecule has 4 amide bonds. The second-order valence-electron chi connectivity index (χ2n) is 9.04. The highest BCUT2D eigenvalue weighted by molar-refractivity contribution is 7.09. The summed E-state index contributed by atoms with van der Waals surface area (Å²) in [5, 5.41) is 4.91. The maximum Gasteiger partial charge on any atom is 0.325 e. The fourth-order valence-corrected chi connectivity index (χ4v) is 5.42. The highest BCUT2D eigenvalue weighted by Crippen LogP contribution is 2.34. The fourth-order valence-electron chi connectivity index (χ4n) is 4.81. The molecule has 1 spiro atoms. The summed E-state index contributed by atoms with van der Waals surface area (Å²) in [4.78, 5) is 42.5. The Hall–Kier alpha value is -3.07. The normalized spacial score (nSPS) is 16.9. The van der Waals surface area contributed by atoms with Crippen LogP contribution in [0.2, 0.25) is 0 Å². The monoisotopic (exact) mass is 499 g/mol. The predicted octanol–water partition coefficient (Wildman–Crippen LogP) is 4.33. The van der Waals surface area contributed by atoms with Gasteiger partial charge in [0.2, 0.25) is 5.91 Å². The Balaban J connectivity index is 1.34. The zero-order chi connectivity index (χ0) is 24.8. The molecule has 2 fully saturated rings. The van der Waals surface area contributed by atoms with Crippen LogP contribution in [0.3, 0.4) is 0 Å². The van der Waals surface area contributed by atoms with E-state index < -0.39 is 5.54 Å². The molecule has 8 nitrogen and oxygen atoms in total. The smallest absolute Gasteiger partial charge is 0.325 e. The van der Waals surface area contributed by atoms with E-state index in [2.05, 4.69) is 5.32 Å². The highest BCUT2D eigenvalue weighted by atomic mass is 32.1. The van der Waals surface area contributed by atoms with Gasteiger partial charge in [0.25, 0.3) is 5.91 Å². The van der Waals surface area contributed by atoms with Crippen LogP contribution in [-0.4, -0.2) is 53.4 Å². The number of nitrogens with zero attached hydrogens (tertiary/aromatic N) is 2. The molecule has 1 N–H and O–H groups in total. The molecule has 1 aliphatic heterocycles. The lowest BCUT2D eigenvalue weighted by atomic mass is 9.82. The van der Waals surface area contributed by atoms with Gasteiger partial charge in [-0.1, -0.05) is 31.4 Å². The number of carbonyl (C=O) groups excluding carboxylic acids is 3. The van der Waals surface area contributed by atoms with Crippen LogP contribution in [0.1, 0.15) is 55.9 Å². The molecule has 0 radical (unpaired) electrons. The summed E-state index contributed by atoms with van der Waals surface area (Å²) in [6.45, 7) is 3.40. The van der Waals surface area contributed by atoms with Crippen molar-refractivity contribution in [1.29, 1.82) is 0 Å². The molecule has 1 aliphatic carbocycles. The van der Waals surface area contributed by atoms with Gasteiger partial charge < -0.3 is 19.7 Å². The van der Waals surface area contributed by atoms with Gasteiger partial charge in [-0.2, -0.15) is 0 Å². The summed E-state index contributed by atoms with van der Waals surface area (Å²) in [5.74, 6) is 0.976. The molecule has 1 saturated carbocycles. The van der Waals surface area contributed by atoms with Crippen LogP contribution in [0.25, 0.3) is 0 Å². The molecule has 0 atom stereocenters. The number of amides is 4. The summed E-state index contributed by atoms with van der Waals surface area (Å²) in [6.07, 6.45) is 4.41. The van der Waals surface area contributed by atoms with Crippen molar-refractivity contribution < 1.29 is 23.9 Å². The van der Waals surface area contributed by atoms with E-state index in [1.54, 1.807) is 23.3 Å². The van der Waals surface area contributed by atoms with E-state index >= 15 is 0 Å². The molecule has 1 aromatic heterocycles. The number of rotatable bonds is 10. The van der Waals surface area contributed by atoms with Crippen LogP contribution in [0.15, 0.2) is 35.7 Å². The number of methoxy groups -OCH3 is 1. The first-order chi connectivity index (χ1) is 17.0. The Bertz CT molecular complexity index is 1050. The summed E-state index contributed by atoms with van der Waals surface area (Å²) in [7, 11) is 1.59. The number of benzene rings is 1. The number of urea groups is 1. The maximum absolute atomic E-state index is 13.0. The largest absolute Gasteiger partial charge is 0.493 e. The average Bonchev–Trinajstić information content (AvgIpc) is 3.47. The predicted molar refractivity (Wildman–Crippen MR) is 133 cm³/mol. The molecular weight excluding hydrogens is 466 g/mol. The number of imide groups is 1. The van der Waals surface area contributed by atoms with E-state index in [0.717, 1.165) is 29.7 Å². The zero-order valence-corrected chi connectivity index (χ0v) is 21.2. The van der Waals surface area contributed by atoms with Crippen LogP contribution < -0.4 is 14.8 Å². The van der Waals surface area contributed by atoms with Crippen molar-refractivity contribution in [2.45, 2.75) is 64.1 Å². The second-order valence-corrected chi connectivity index (χ2v) is 10.1. The van der Waals surface area contributed by atoms with Crippen LogP contribution in [-0.2, 0) is 22.7 Å². The van der Waals surface area contributed by atoms with Crippen molar-refractivity contribution in [2.75, 3.05) is 20.2 Å². The minimum atomic E-state index is -0.757. The molecule has 2 aliphatic rings. The summed E-state index contributed by atoms with van der Waals surface area (Å²) in [5.41, 5.74) is 0.156. The van der Waals surface area contributed by atoms with E-state index in [-0.39, 0.29) is 30.8 Å². The van der Waals surface area contributed by atoms with E-state index in [9.17, 15) is 14.4 Å². The van der Waals surface area contributed by atoms with Crippen LogP contribution in [0.4, 0.5) is 4.79 Å². The third kappa shape index (κ3) is 5.61. The summed E-state index contributed by atoms with van der Waals surface area (Å²) in [6, 6.07) is 9.29. The molecular formula is C26H33N3O5S. The first kappa shape index (κ1) is 25.0. The molecule has 0 unspecified atom stereocenters. The number of thiophene rings is 1. The fraction of sp³-hybridized carbons (Fsp3) is 0.500. The average molecular weight is 500 g/mol. The topological polar surface area (TPSA) is 88.2 Å². The first-order valence-electron chi connectivity index (χ1n) is 12.2. The van der Waals surface area contributed by atoms with Gasteiger partial charge in [0.15, 0.2) is 11.5 Å². The van der Waals surface area contributed by atoms with Crippen molar-refractivity contribution >= 4 is 29.2 Å². The minimum Gasteiger partial charge on any atom is -0.493 e. The first-order valence-corrected chi connectivity index (χ1v) is 13.1. The van der Waals surface area contributed by atoms with Crippen LogP contribution in [0.5, 0.6) is 11.5 Å².